The molecule has 0 saturated heterocycles. The predicted octanol–water partition coefficient (Wildman–Crippen LogP) is 2.27. The molecule has 5 atom stereocenters. The third-order valence-electron chi connectivity index (χ3n) is 5.17. The zero-order valence-electron chi connectivity index (χ0n) is 12.2. The minimum Gasteiger partial charge on any atom is -0.492 e. The first kappa shape index (κ1) is 14.3. The van der Waals surface area contributed by atoms with Crippen molar-refractivity contribution in [2.75, 3.05) is 0 Å². The van der Waals surface area contributed by atoms with Crippen LogP contribution in [0.3, 0.4) is 0 Å². The summed E-state index contributed by atoms with van der Waals surface area (Å²) in [6.07, 6.45) is 7.80. The van der Waals surface area contributed by atoms with Gasteiger partial charge < -0.3 is 20.2 Å². The van der Waals surface area contributed by atoms with Gasteiger partial charge in [0.05, 0.1) is 0 Å². The van der Waals surface area contributed by atoms with Crippen molar-refractivity contribution in [1.29, 1.82) is 0 Å². The van der Waals surface area contributed by atoms with Gasteiger partial charge in [-0.15, -0.1) is 4.73 Å². The lowest BCUT2D eigenvalue weighted by atomic mass is 9.54. The average Bonchev–Trinajstić information content (AvgIpc) is 2.73. The van der Waals surface area contributed by atoms with Gasteiger partial charge in [-0.05, 0) is 43.4 Å². The van der Waals surface area contributed by atoms with E-state index in [1.807, 2.05) is 0 Å². The Morgan fingerprint density at radius 1 is 1.10 bits per heavy atom. The van der Waals surface area contributed by atoms with Gasteiger partial charge in [0.2, 0.25) is 18.1 Å². The summed E-state index contributed by atoms with van der Waals surface area (Å²) in [6.45, 7) is 2.15. The lowest BCUT2D eigenvalue weighted by Gasteiger charge is -2.52. The van der Waals surface area contributed by atoms with Crippen LogP contribution in [0.4, 0.5) is 0 Å². The zero-order valence-corrected chi connectivity index (χ0v) is 12.2. The highest BCUT2D eigenvalue weighted by atomic mass is 16.7. The van der Waals surface area contributed by atoms with Gasteiger partial charge >= 0.3 is 0 Å². The number of hydrogen-bond acceptors (Lipinski definition) is 4. The zero-order chi connectivity index (χ0) is 15.0. The smallest absolute Gasteiger partial charge is 0.229 e. The molecule has 21 heavy (non-hydrogen) atoms. The van der Waals surface area contributed by atoms with Crippen molar-refractivity contribution in [3.05, 3.63) is 24.3 Å². The molecule has 0 bridgehead atoms. The third-order valence-corrected chi connectivity index (χ3v) is 5.17. The summed E-state index contributed by atoms with van der Waals surface area (Å²) in [5.74, 6) is 1.08. The van der Waals surface area contributed by atoms with Gasteiger partial charge in [-0.3, -0.25) is 0 Å². The average molecular weight is 293 g/mol. The third kappa shape index (κ3) is 2.50. The maximum Gasteiger partial charge on any atom is 0.229 e. The van der Waals surface area contributed by atoms with Crippen molar-refractivity contribution in [3.63, 3.8) is 0 Å². The van der Waals surface area contributed by atoms with Crippen LogP contribution in [0.25, 0.3) is 0 Å². The number of aromatic hydroxyl groups is 2. The van der Waals surface area contributed by atoms with E-state index in [9.17, 15) is 15.3 Å². The molecule has 3 rings (SSSR count). The molecule has 0 amide bonds. The number of aromatic nitrogens is 1. The Labute approximate surface area is 124 Å². The van der Waals surface area contributed by atoms with Crippen LogP contribution in [0.5, 0.6) is 11.8 Å². The maximum atomic E-state index is 10.4. The van der Waals surface area contributed by atoms with Crippen LogP contribution in [-0.2, 0) is 0 Å². The first-order valence-electron chi connectivity index (χ1n) is 7.69. The van der Waals surface area contributed by atoms with E-state index in [-0.39, 0.29) is 17.7 Å². The molecule has 1 fully saturated rings. The summed E-state index contributed by atoms with van der Waals surface area (Å²) < 4.78 is 0.882. The second kappa shape index (κ2) is 5.64. The molecule has 0 radical (unpaired) electrons. The summed E-state index contributed by atoms with van der Waals surface area (Å²) in [6, 6.07) is 2.66. The molecule has 5 nitrogen and oxygen atoms in total. The highest BCUT2D eigenvalue weighted by Gasteiger charge is 2.51. The van der Waals surface area contributed by atoms with Gasteiger partial charge in [-0.2, -0.15) is 0 Å². The van der Waals surface area contributed by atoms with Gasteiger partial charge in [0.15, 0.2) is 0 Å². The Morgan fingerprint density at radius 3 is 2.29 bits per heavy atom. The molecular weight excluding hydrogens is 270 g/mol. The molecule has 2 aliphatic carbocycles. The molecule has 116 valence electrons. The van der Waals surface area contributed by atoms with Crippen molar-refractivity contribution in [2.24, 2.45) is 23.7 Å². The SMILES string of the molecule is CC1C2CCC=CCCC2C1C(O)On1c(O)ccc1O. The van der Waals surface area contributed by atoms with E-state index >= 15 is 0 Å². The second-order valence-electron chi connectivity index (χ2n) is 6.23. The fourth-order valence-corrected chi connectivity index (χ4v) is 4.06. The van der Waals surface area contributed by atoms with Crippen LogP contribution in [0.1, 0.15) is 32.6 Å². The van der Waals surface area contributed by atoms with Gasteiger partial charge in [-0.1, -0.05) is 19.1 Å². The molecule has 2 aliphatic rings. The van der Waals surface area contributed by atoms with E-state index in [4.69, 9.17) is 4.84 Å². The predicted molar refractivity (Wildman–Crippen MR) is 77.6 cm³/mol. The highest BCUT2D eigenvalue weighted by Crippen LogP contribution is 2.52. The number of rotatable bonds is 3. The molecule has 5 heteroatoms. The topological polar surface area (TPSA) is 74.9 Å². The molecular formula is C16H23NO4. The van der Waals surface area contributed by atoms with Crippen LogP contribution < -0.4 is 4.84 Å². The number of fused-ring (bicyclic) bond motifs is 1. The Balaban J connectivity index is 1.70. The fourth-order valence-electron chi connectivity index (χ4n) is 4.06. The van der Waals surface area contributed by atoms with Crippen LogP contribution >= 0.6 is 0 Å². The summed E-state index contributed by atoms with van der Waals surface area (Å²) >= 11 is 0. The normalized spacial score (nSPS) is 33.4. The van der Waals surface area contributed by atoms with Crippen molar-refractivity contribution in [2.45, 2.75) is 38.9 Å². The van der Waals surface area contributed by atoms with Crippen LogP contribution in [0.15, 0.2) is 24.3 Å². The molecule has 1 aromatic heterocycles. The van der Waals surface area contributed by atoms with Gasteiger partial charge in [0, 0.05) is 18.1 Å². The van der Waals surface area contributed by atoms with Gasteiger partial charge in [-0.25, -0.2) is 0 Å². The summed E-state index contributed by atoms with van der Waals surface area (Å²) in [5.41, 5.74) is 0. The van der Waals surface area contributed by atoms with Gasteiger partial charge in [0.1, 0.15) is 0 Å². The summed E-state index contributed by atoms with van der Waals surface area (Å²) in [4.78, 5) is 5.37. The minimum absolute atomic E-state index is 0.0442. The molecule has 0 aliphatic heterocycles. The molecule has 1 heterocycles. The van der Waals surface area contributed by atoms with Crippen LogP contribution in [0, 0.1) is 23.7 Å². The number of nitrogens with zero attached hydrogens (tertiary/aromatic N) is 1. The quantitative estimate of drug-likeness (QED) is 0.590. The van der Waals surface area contributed by atoms with E-state index < -0.39 is 6.29 Å². The van der Waals surface area contributed by atoms with E-state index in [2.05, 4.69) is 19.1 Å². The maximum absolute atomic E-state index is 10.4. The van der Waals surface area contributed by atoms with Crippen LogP contribution in [0.2, 0.25) is 0 Å². The molecule has 0 spiro atoms. The lowest BCUT2D eigenvalue weighted by Crippen LogP contribution is -2.53. The van der Waals surface area contributed by atoms with E-state index in [1.165, 1.54) is 12.1 Å². The number of aliphatic hydroxyl groups is 1. The molecule has 5 unspecified atom stereocenters. The van der Waals surface area contributed by atoms with E-state index in [0.29, 0.717) is 17.8 Å². The Morgan fingerprint density at radius 2 is 1.67 bits per heavy atom. The van der Waals surface area contributed by atoms with E-state index in [0.717, 1.165) is 30.4 Å². The number of aliphatic hydroxyl groups excluding tert-OH is 1. The number of allylic oxidation sites excluding steroid dienone is 2. The summed E-state index contributed by atoms with van der Waals surface area (Å²) in [7, 11) is 0. The molecule has 1 saturated carbocycles. The van der Waals surface area contributed by atoms with Crippen molar-refractivity contribution in [3.8, 4) is 11.8 Å². The standard InChI is InChI=1S/C16H23NO4/c1-10-11-6-4-2-3-5-7-12(11)15(10)16(20)21-17-13(18)8-9-14(17)19/h2-3,8-12,15-16,18-20H,4-7H2,1H3. The van der Waals surface area contributed by atoms with Crippen LogP contribution in [-0.4, -0.2) is 26.3 Å². The fraction of sp³-hybridized carbons (Fsp3) is 0.625. The minimum atomic E-state index is -1.02. The monoisotopic (exact) mass is 293 g/mol. The Kier molecular flexibility index (Phi) is 3.85. The molecule has 1 aromatic rings. The Hall–Kier alpha value is -1.62. The first-order chi connectivity index (χ1) is 10.1. The van der Waals surface area contributed by atoms with E-state index in [1.54, 1.807) is 0 Å². The molecule has 3 N–H and O–H groups in total. The number of hydrogen-bond donors (Lipinski definition) is 3. The second-order valence-corrected chi connectivity index (χ2v) is 6.23. The van der Waals surface area contributed by atoms with Crippen molar-refractivity contribution >= 4 is 0 Å². The largest absolute Gasteiger partial charge is 0.492 e. The molecule has 0 aromatic carbocycles. The van der Waals surface area contributed by atoms with Gasteiger partial charge in [0.25, 0.3) is 0 Å². The van der Waals surface area contributed by atoms with Crippen molar-refractivity contribution < 1.29 is 20.2 Å². The highest BCUT2D eigenvalue weighted by molar-refractivity contribution is 5.22. The first-order valence-corrected chi connectivity index (χ1v) is 7.69. The van der Waals surface area contributed by atoms with Crippen molar-refractivity contribution in [1.82, 2.24) is 4.73 Å². The lowest BCUT2D eigenvalue weighted by molar-refractivity contribution is -0.215. The Bertz CT molecular complexity index is 505. The summed E-state index contributed by atoms with van der Waals surface area (Å²) in [5, 5.41) is 29.6.